The first-order chi connectivity index (χ1) is 18.7. The highest BCUT2D eigenvalue weighted by atomic mass is 16.3. The minimum Gasteiger partial charge on any atom is -0.507 e. The summed E-state index contributed by atoms with van der Waals surface area (Å²) in [7, 11) is 0. The summed E-state index contributed by atoms with van der Waals surface area (Å²) in [4.78, 5) is 0. The Balaban J connectivity index is 1.44. The highest BCUT2D eigenvalue weighted by Crippen LogP contribution is 2.46. The van der Waals surface area contributed by atoms with Crippen molar-refractivity contribution in [1.82, 2.24) is 0 Å². The van der Waals surface area contributed by atoms with E-state index < -0.39 is 0 Å². The maximum absolute atomic E-state index is 10.7. The van der Waals surface area contributed by atoms with Gasteiger partial charge in [-0.25, -0.2) is 0 Å². The molecule has 38 heavy (non-hydrogen) atoms. The van der Waals surface area contributed by atoms with E-state index in [1.807, 2.05) is 42.5 Å². The molecule has 6 aromatic rings. The molecule has 1 aliphatic rings. The Morgan fingerprint density at radius 1 is 0.368 bits per heavy atom. The molecule has 0 spiro atoms. The summed E-state index contributed by atoms with van der Waals surface area (Å²) in [6.07, 6.45) is 0.895. The van der Waals surface area contributed by atoms with Crippen LogP contribution >= 0.6 is 0 Å². The summed E-state index contributed by atoms with van der Waals surface area (Å²) in [6.45, 7) is 0. The third-order valence-corrected chi connectivity index (χ3v) is 7.62. The number of hydrogen-bond acceptors (Lipinski definition) is 1. The van der Waals surface area contributed by atoms with Crippen LogP contribution in [0.3, 0.4) is 0 Å². The van der Waals surface area contributed by atoms with Crippen molar-refractivity contribution >= 4 is 0 Å². The van der Waals surface area contributed by atoms with E-state index in [4.69, 9.17) is 0 Å². The number of fused-ring (bicyclic) bond motifs is 3. The van der Waals surface area contributed by atoms with Crippen LogP contribution in [0.5, 0.6) is 5.75 Å². The van der Waals surface area contributed by atoms with Crippen LogP contribution in [0.15, 0.2) is 140 Å². The monoisotopic (exact) mass is 486 g/mol. The zero-order chi connectivity index (χ0) is 25.5. The van der Waals surface area contributed by atoms with Crippen molar-refractivity contribution in [2.45, 2.75) is 6.42 Å². The van der Waals surface area contributed by atoms with Gasteiger partial charge in [-0.2, -0.15) is 0 Å². The van der Waals surface area contributed by atoms with Crippen molar-refractivity contribution in [3.8, 4) is 61.4 Å². The fourth-order valence-electron chi connectivity index (χ4n) is 5.69. The molecule has 6 aromatic carbocycles. The topological polar surface area (TPSA) is 20.2 Å². The van der Waals surface area contributed by atoms with Crippen LogP contribution < -0.4 is 0 Å². The van der Waals surface area contributed by atoms with Crippen molar-refractivity contribution in [2.24, 2.45) is 0 Å². The molecule has 0 saturated heterocycles. The number of rotatable bonds is 4. The van der Waals surface area contributed by atoms with Crippen molar-refractivity contribution in [2.75, 3.05) is 0 Å². The highest BCUT2D eigenvalue weighted by molar-refractivity contribution is 5.92. The van der Waals surface area contributed by atoms with Crippen LogP contribution in [-0.4, -0.2) is 5.11 Å². The first-order valence-corrected chi connectivity index (χ1v) is 13.0. The van der Waals surface area contributed by atoms with Gasteiger partial charge in [-0.05, 0) is 98.0 Å². The second-order valence-corrected chi connectivity index (χ2v) is 9.93. The molecule has 0 fully saturated rings. The van der Waals surface area contributed by atoms with Crippen molar-refractivity contribution in [3.05, 3.63) is 151 Å². The molecule has 1 aliphatic carbocycles. The van der Waals surface area contributed by atoms with Gasteiger partial charge < -0.3 is 5.11 Å². The van der Waals surface area contributed by atoms with E-state index in [0.29, 0.717) is 5.75 Å². The second kappa shape index (κ2) is 9.21. The lowest BCUT2D eigenvalue weighted by Gasteiger charge is -2.15. The average molecular weight is 487 g/mol. The maximum Gasteiger partial charge on any atom is 0.123 e. The van der Waals surface area contributed by atoms with Gasteiger partial charge in [0.2, 0.25) is 0 Å². The van der Waals surface area contributed by atoms with Gasteiger partial charge in [0.25, 0.3) is 0 Å². The number of aromatic hydroxyl groups is 1. The minimum atomic E-state index is 0.298. The second-order valence-electron chi connectivity index (χ2n) is 9.93. The predicted molar refractivity (Wildman–Crippen MR) is 158 cm³/mol. The number of phenolic OH excluding ortho intramolecular Hbond substituents is 1. The summed E-state index contributed by atoms with van der Waals surface area (Å²) >= 11 is 0. The summed E-state index contributed by atoms with van der Waals surface area (Å²) in [6, 6.07) is 48.9. The Morgan fingerprint density at radius 3 is 1.58 bits per heavy atom. The normalized spacial score (nSPS) is 11.7. The first kappa shape index (κ1) is 22.3. The van der Waals surface area contributed by atoms with E-state index in [0.717, 1.165) is 23.1 Å². The molecule has 180 valence electrons. The minimum absolute atomic E-state index is 0.298. The first-order valence-electron chi connectivity index (χ1n) is 13.0. The molecule has 0 atom stereocenters. The molecule has 1 nitrogen and oxygen atoms in total. The van der Waals surface area contributed by atoms with Crippen LogP contribution in [0.1, 0.15) is 11.1 Å². The molecule has 1 heteroatoms. The van der Waals surface area contributed by atoms with Crippen LogP contribution in [0.25, 0.3) is 55.6 Å². The third-order valence-electron chi connectivity index (χ3n) is 7.62. The van der Waals surface area contributed by atoms with E-state index in [1.54, 1.807) is 0 Å². The van der Waals surface area contributed by atoms with E-state index in [9.17, 15) is 5.11 Å². The molecule has 0 aromatic heterocycles. The van der Waals surface area contributed by atoms with E-state index in [1.165, 1.54) is 50.1 Å². The van der Waals surface area contributed by atoms with Crippen molar-refractivity contribution in [3.63, 3.8) is 0 Å². The molecule has 0 radical (unpaired) electrons. The fraction of sp³-hybridized carbons (Fsp3) is 0.0270. The van der Waals surface area contributed by atoms with Gasteiger partial charge in [-0.1, -0.05) is 109 Å². The lowest BCUT2D eigenvalue weighted by molar-refractivity contribution is 0.477. The average Bonchev–Trinajstić information content (AvgIpc) is 3.36. The summed E-state index contributed by atoms with van der Waals surface area (Å²) in [5.74, 6) is 0.298. The molecular weight excluding hydrogens is 460 g/mol. The van der Waals surface area contributed by atoms with Gasteiger partial charge in [0, 0.05) is 5.56 Å². The zero-order valence-electron chi connectivity index (χ0n) is 20.9. The zero-order valence-corrected chi connectivity index (χ0v) is 20.9. The van der Waals surface area contributed by atoms with Gasteiger partial charge in [0.15, 0.2) is 0 Å². The van der Waals surface area contributed by atoms with Crippen LogP contribution in [0, 0.1) is 0 Å². The molecule has 7 rings (SSSR count). The van der Waals surface area contributed by atoms with E-state index >= 15 is 0 Å². The van der Waals surface area contributed by atoms with Crippen LogP contribution in [0.4, 0.5) is 0 Å². The van der Waals surface area contributed by atoms with Crippen molar-refractivity contribution in [1.29, 1.82) is 0 Å². The molecule has 1 N–H and O–H groups in total. The van der Waals surface area contributed by atoms with E-state index in [2.05, 4.69) is 97.1 Å². The van der Waals surface area contributed by atoms with Crippen LogP contribution in [0.2, 0.25) is 0 Å². The van der Waals surface area contributed by atoms with Gasteiger partial charge in [-0.3, -0.25) is 0 Å². The quantitative estimate of drug-likeness (QED) is 0.263. The summed E-state index contributed by atoms with van der Waals surface area (Å²) in [5, 5.41) is 10.7. The number of phenols is 1. The highest BCUT2D eigenvalue weighted by Gasteiger charge is 2.24. The van der Waals surface area contributed by atoms with Gasteiger partial charge in [0.05, 0.1) is 0 Å². The maximum atomic E-state index is 10.7. The van der Waals surface area contributed by atoms with Crippen molar-refractivity contribution < 1.29 is 5.11 Å². The lowest BCUT2D eigenvalue weighted by Crippen LogP contribution is -1.91. The Hall–Kier alpha value is -4.88. The molecule has 0 aliphatic heterocycles. The standard InChI is InChI=1S/C37H26O/c38-37-19-18-30(21-34(37)27-14-8-3-9-15-27)33-23-31(26-12-6-2-7-13-26)24-36-32-20-28(25-10-4-1-5-11-25)16-17-29(32)22-35(33)36/h1-21,23-24,38H,22H2. The smallest absolute Gasteiger partial charge is 0.123 e. The Kier molecular flexibility index (Phi) is 5.41. The molecule has 0 heterocycles. The molecular formula is C37H26O. The largest absolute Gasteiger partial charge is 0.507 e. The molecule has 0 saturated carbocycles. The summed E-state index contributed by atoms with van der Waals surface area (Å²) in [5.41, 5.74) is 14.4. The van der Waals surface area contributed by atoms with Gasteiger partial charge >= 0.3 is 0 Å². The Labute approximate surface area is 223 Å². The van der Waals surface area contributed by atoms with Crippen LogP contribution in [-0.2, 0) is 6.42 Å². The Morgan fingerprint density at radius 2 is 0.895 bits per heavy atom. The fourth-order valence-corrected chi connectivity index (χ4v) is 5.69. The summed E-state index contributed by atoms with van der Waals surface area (Å²) < 4.78 is 0. The lowest BCUT2D eigenvalue weighted by atomic mass is 9.89. The molecule has 0 amide bonds. The predicted octanol–water partition coefficient (Wildman–Crippen LogP) is 9.63. The van der Waals surface area contributed by atoms with Gasteiger partial charge in [0.1, 0.15) is 5.75 Å². The third kappa shape index (κ3) is 3.90. The SMILES string of the molecule is Oc1ccc(-c2cc(-c3ccccc3)cc3c2Cc2ccc(-c4ccccc4)cc2-3)cc1-c1ccccc1. The molecule has 0 unspecified atom stereocenters. The number of hydrogen-bond donors (Lipinski definition) is 1. The van der Waals surface area contributed by atoms with E-state index in [-0.39, 0.29) is 0 Å². The molecule has 0 bridgehead atoms. The number of benzene rings is 6. The Bertz CT molecular complexity index is 1770. The van der Waals surface area contributed by atoms with Gasteiger partial charge in [-0.15, -0.1) is 0 Å².